The van der Waals surface area contributed by atoms with Crippen molar-refractivity contribution in [2.45, 2.75) is 44.4 Å². The van der Waals surface area contributed by atoms with E-state index in [0.717, 1.165) is 19.3 Å². The highest BCUT2D eigenvalue weighted by Crippen LogP contribution is 2.31. The maximum absolute atomic E-state index is 13.3. The molecule has 2 aromatic carbocycles. The average molecular weight is 467 g/mol. The zero-order valence-corrected chi connectivity index (χ0v) is 18.6. The van der Waals surface area contributed by atoms with Crippen molar-refractivity contribution >= 4 is 29.1 Å². The van der Waals surface area contributed by atoms with Crippen molar-refractivity contribution in [1.82, 2.24) is 15.1 Å². The van der Waals surface area contributed by atoms with Gasteiger partial charge in [0.05, 0.1) is 17.1 Å². The first kappa shape index (κ1) is 21.6. The van der Waals surface area contributed by atoms with Gasteiger partial charge in [-0.1, -0.05) is 29.8 Å². The minimum Gasteiger partial charge on any atom is -0.419 e. The summed E-state index contributed by atoms with van der Waals surface area (Å²) in [7, 11) is 0. The van der Waals surface area contributed by atoms with Crippen molar-refractivity contribution in [1.29, 1.82) is 0 Å². The second-order valence-corrected chi connectivity index (χ2v) is 8.62. The molecule has 3 aromatic rings. The fourth-order valence-electron chi connectivity index (χ4n) is 3.86. The molecule has 1 saturated carbocycles. The molecule has 1 atom stereocenters. The largest absolute Gasteiger partial charge is 0.419 e. The van der Waals surface area contributed by atoms with Crippen LogP contribution in [0, 0.1) is 0 Å². The first-order valence-corrected chi connectivity index (χ1v) is 11.4. The molecule has 170 valence electrons. The topological polar surface area (TPSA) is 97.6 Å². The highest BCUT2D eigenvalue weighted by atomic mass is 35.5. The van der Waals surface area contributed by atoms with Crippen LogP contribution in [0.5, 0.6) is 0 Å². The van der Waals surface area contributed by atoms with E-state index in [1.165, 1.54) is 0 Å². The number of nitrogens with zero attached hydrogens (tertiary/aromatic N) is 3. The van der Waals surface area contributed by atoms with Crippen molar-refractivity contribution in [2.75, 3.05) is 11.9 Å². The van der Waals surface area contributed by atoms with Crippen LogP contribution in [0.2, 0.25) is 5.02 Å². The van der Waals surface area contributed by atoms with Crippen LogP contribution < -0.4 is 5.32 Å². The number of hydrogen-bond acceptors (Lipinski definition) is 6. The molecular weight excluding hydrogens is 444 g/mol. The van der Waals surface area contributed by atoms with E-state index in [9.17, 15) is 9.59 Å². The zero-order chi connectivity index (χ0) is 22.8. The zero-order valence-electron chi connectivity index (χ0n) is 17.9. The summed E-state index contributed by atoms with van der Waals surface area (Å²) in [5, 5.41) is 11.6. The van der Waals surface area contributed by atoms with Gasteiger partial charge in [-0.25, -0.2) is 0 Å². The minimum atomic E-state index is -0.433. The normalized spacial score (nSPS) is 17.7. The maximum Gasteiger partial charge on any atom is 0.254 e. The van der Waals surface area contributed by atoms with Crippen molar-refractivity contribution in [3.8, 4) is 11.5 Å². The van der Waals surface area contributed by atoms with E-state index in [4.69, 9.17) is 20.8 Å². The number of amides is 2. The average Bonchev–Trinajstić information content (AvgIpc) is 3.31. The summed E-state index contributed by atoms with van der Waals surface area (Å²) in [6.07, 6.45) is 3.00. The van der Waals surface area contributed by atoms with Crippen molar-refractivity contribution < 1.29 is 18.7 Å². The lowest BCUT2D eigenvalue weighted by molar-refractivity contribution is -0.124. The summed E-state index contributed by atoms with van der Waals surface area (Å²) in [6.45, 7) is 0.800. The summed E-state index contributed by atoms with van der Waals surface area (Å²) < 4.78 is 11.2. The Morgan fingerprint density at radius 3 is 2.70 bits per heavy atom. The number of nitrogens with one attached hydrogen (secondary N) is 1. The SMILES string of the molecule is O=C(Nc1cccc(C(=O)N(Cc2nnc(-c3ccccc3Cl)o2)C2CC2)c1)[C@H]1CCCO1. The number of ether oxygens (including phenoxy) is 1. The second kappa shape index (κ2) is 9.33. The smallest absolute Gasteiger partial charge is 0.254 e. The summed E-state index contributed by atoms with van der Waals surface area (Å²) in [4.78, 5) is 27.4. The van der Waals surface area contributed by atoms with Gasteiger partial charge in [0, 0.05) is 23.9 Å². The monoisotopic (exact) mass is 466 g/mol. The van der Waals surface area contributed by atoms with Crippen LogP contribution in [0.25, 0.3) is 11.5 Å². The third kappa shape index (κ3) is 4.91. The lowest BCUT2D eigenvalue weighted by Crippen LogP contribution is -2.33. The number of benzene rings is 2. The fourth-order valence-corrected chi connectivity index (χ4v) is 4.08. The van der Waals surface area contributed by atoms with Gasteiger partial charge in [0.1, 0.15) is 6.10 Å². The quantitative estimate of drug-likeness (QED) is 0.557. The molecule has 1 aliphatic heterocycles. The number of carbonyl (C=O) groups excluding carboxylic acids is 2. The van der Waals surface area contributed by atoms with Crippen molar-refractivity contribution in [3.05, 3.63) is 65.0 Å². The first-order valence-electron chi connectivity index (χ1n) is 11.0. The first-order chi connectivity index (χ1) is 16.1. The predicted octanol–water partition coefficient (Wildman–Crippen LogP) is 4.31. The summed E-state index contributed by atoms with van der Waals surface area (Å²) in [6, 6.07) is 14.3. The molecule has 0 unspecified atom stereocenters. The van der Waals surface area contributed by atoms with Crippen LogP contribution in [0.15, 0.2) is 52.9 Å². The Balaban J connectivity index is 1.31. The lowest BCUT2D eigenvalue weighted by atomic mass is 10.1. The van der Waals surface area contributed by atoms with Gasteiger partial charge in [-0.3, -0.25) is 9.59 Å². The Kier molecular flexibility index (Phi) is 6.11. The molecule has 2 aliphatic rings. The number of halogens is 1. The molecule has 2 heterocycles. The highest BCUT2D eigenvalue weighted by Gasteiger charge is 2.34. The number of anilines is 1. The minimum absolute atomic E-state index is 0.123. The molecule has 1 saturated heterocycles. The molecule has 1 aliphatic carbocycles. The molecule has 1 N–H and O–H groups in total. The van der Waals surface area contributed by atoms with E-state index in [-0.39, 0.29) is 24.4 Å². The second-order valence-electron chi connectivity index (χ2n) is 8.22. The van der Waals surface area contributed by atoms with E-state index in [1.807, 2.05) is 12.1 Å². The molecule has 0 spiro atoms. The van der Waals surface area contributed by atoms with Gasteiger partial charge in [-0.2, -0.15) is 0 Å². The molecule has 0 radical (unpaired) electrons. The van der Waals surface area contributed by atoms with Crippen LogP contribution in [0.4, 0.5) is 5.69 Å². The maximum atomic E-state index is 13.3. The molecule has 5 rings (SSSR count). The highest BCUT2D eigenvalue weighted by molar-refractivity contribution is 6.33. The summed E-state index contributed by atoms with van der Waals surface area (Å²) >= 11 is 6.23. The number of hydrogen-bond donors (Lipinski definition) is 1. The van der Waals surface area contributed by atoms with Crippen LogP contribution in [-0.2, 0) is 16.1 Å². The van der Waals surface area contributed by atoms with E-state index in [1.54, 1.807) is 41.3 Å². The van der Waals surface area contributed by atoms with Crippen LogP contribution in [-0.4, -0.2) is 45.7 Å². The Labute approximate surface area is 195 Å². The molecule has 8 nitrogen and oxygen atoms in total. The number of rotatable bonds is 7. The van der Waals surface area contributed by atoms with Crippen molar-refractivity contribution in [3.63, 3.8) is 0 Å². The number of aromatic nitrogens is 2. The van der Waals surface area contributed by atoms with E-state index in [0.29, 0.717) is 46.6 Å². The summed E-state index contributed by atoms with van der Waals surface area (Å²) in [5.74, 6) is 0.322. The van der Waals surface area contributed by atoms with Crippen LogP contribution >= 0.6 is 11.6 Å². The molecule has 9 heteroatoms. The van der Waals surface area contributed by atoms with Gasteiger partial charge < -0.3 is 19.4 Å². The lowest BCUT2D eigenvalue weighted by Gasteiger charge is -2.21. The van der Waals surface area contributed by atoms with E-state index < -0.39 is 6.10 Å². The summed E-state index contributed by atoms with van der Waals surface area (Å²) in [5.41, 5.74) is 1.70. The predicted molar refractivity (Wildman–Crippen MR) is 122 cm³/mol. The fraction of sp³-hybridized carbons (Fsp3) is 0.333. The van der Waals surface area contributed by atoms with Crippen LogP contribution in [0.1, 0.15) is 41.9 Å². The van der Waals surface area contributed by atoms with Crippen molar-refractivity contribution in [2.24, 2.45) is 0 Å². The molecule has 2 amide bonds. The molecule has 33 heavy (non-hydrogen) atoms. The Morgan fingerprint density at radius 2 is 1.94 bits per heavy atom. The van der Waals surface area contributed by atoms with Gasteiger partial charge in [0.25, 0.3) is 11.8 Å². The van der Waals surface area contributed by atoms with E-state index >= 15 is 0 Å². The Bertz CT molecular complexity index is 1170. The van der Waals surface area contributed by atoms with Gasteiger partial charge in [-0.15, -0.1) is 10.2 Å². The number of carbonyl (C=O) groups is 2. The van der Waals surface area contributed by atoms with Gasteiger partial charge >= 0.3 is 0 Å². The molecular formula is C24H23ClN4O4. The van der Waals surface area contributed by atoms with Gasteiger partial charge in [-0.05, 0) is 56.0 Å². The van der Waals surface area contributed by atoms with Crippen LogP contribution in [0.3, 0.4) is 0 Å². The standard InChI is InChI=1S/C24H23ClN4O4/c25-19-8-2-1-7-18(19)23-28-27-21(33-23)14-29(17-10-11-17)24(31)15-5-3-6-16(13-15)26-22(30)20-9-4-12-32-20/h1-3,5-8,13,17,20H,4,9-12,14H2,(H,26,30)/t20-/m1/s1. The molecule has 2 fully saturated rings. The Hall–Kier alpha value is -3.23. The van der Waals surface area contributed by atoms with E-state index in [2.05, 4.69) is 15.5 Å². The third-order valence-electron chi connectivity index (χ3n) is 5.72. The Morgan fingerprint density at radius 1 is 1.09 bits per heavy atom. The third-order valence-corrected chi connectivity index (χ3v) is 6.05. The molecule has 1 aromatic heterocycles. The van der Waals surface area contributed by atoms with Gasteiger partial charge in [0.2, 0.25) is 11.8 Å². The molecule has 0 bridgehead atoms. The van der Waals surface area contributed by atoms with Gasteiger partial charge in [0.15, 0.2) is 0 Å².